The fourth-order valence-corrected chi connectivity index (χ4v) is 3.15. The van der Waals surface area contributed by atoms with Crippen LogP contribution in [0.4, 0.5) is 10.2 Å². The van der Waals surface area contributed by atoms with Crippen LogP contribution in [0.15, 0.2) is 36.5 Å². The van der Waals surface area contributed by atoms with E-state index in [1.165, 1.54) is 7.11 Å². The van der Waals surface area contributed by atoms with E-state index in [9.17, 15) is 4.39 Å². The minimum absolute atomic E-state index is 0.136. The van der Waals surface area contributed by atoms with Gasteiger partial charge in [0.2, 0.25) is 0 Å². The van der Waals surface area contributed by atoms with E-state index >= 15 is 0 Å². The molecule has 134 valence electrons. The summed E-state index contributed by atoms with van der Waals surface area (Å²) in [5.74, 6) is 0.551. The Bertz CT molecular complexity index is 711. The summed E-state index contributed by atoms with van der Waals surface area (Å²) in [6.45, 7) is 2.81. The van der Waals surface area contributed by atoms with E-state index in [4.69, 9.17) is 15.2 Å². The molecule has 1 aliphatic heterocycles. The third-order valence-electron chi connectivity index (χ3n) is 4.48. The molecule has 0 spiro atoms. The summed E-state index contributed by atoms with van der Waals surface area (Å²) in [4.78, 5) is 6.24. The van der Waals surface area contributed by atoms with E-state index in [-0.39, 0.29) is 17.7 Å². The smallest absolute Gasteiger partial charge is 0.169 e. The van der Waals surface area contributed by atoms with Crippen LogP contribution in [0.1, 0.15) is 17.5 Å². The van der Waals surface area contributed by atoms with Crippen LogP contribution in [0.5, 0.6) is 5.75 Å². The minimum Gasteiger partial charge on any atom is -0.494 e. The quantitative estimate of drug-likeness (QED) is 0.872. The molecule has 25 heavy (non-hydrogen) atoms. The largest absolute Gasteiger partial charge is 0.494 e. The minimum atomic E-state index is -0.277. The number of morpholine rings is 1. The number of pyridine rings is 1. The standard InChI is InChI=1S/C19H24FN3O2/c1-24-17-4-2-3-15(19(17)20)12-23-9-10-25-16(13-23)6-5-14-7-8-22-18(21)11-14/h2-4,7-8,11,16H,5-6,9-10,12-13H2,1H3,(H2,21,22)/t16-/m0/s1. The molecular formula is C19H24FN3O2. The van der Waals surface area contributed by atoms with Crippen molar-refractivity contribution in [3.63, 3.8) is 0 Å². The number of hydrogen-bond donors (Lipinski definition) is 1. The molecule has 3 rings (SSSR count). The first kappa shape index (κ1) is 17.6. The molecule has 0 saturated carbocycles. The van der Waals surface area contributed by atoms with Crippen LogP contribution in [0.25, 0.3) is 0 Å². The summed E-state index contributed by atoms with van der Waals surface area (Å²) in [6.07, 6.45) is 3.65. The second-order valence-corrected chi connectivity index (χ2v) is 6.29. The predicted molar refractivity (Wildman–Crippen MR) is 94.9 cm³/mol. The Kier molecular flexibility index (Phi) is 5.83. The number of methoxy groups -OCH3 is 1. The number of aryl methyl sites for hydroxylation is 1. The number of ether oxygens (including phenoxy) is 2. The molecule has 2 heterocycles. The van der Waals surface area contributed by atoms with E-state index in [0.29, 0.717) is 24.5 Å². The molecule has 2 aromatic rings. The second kappa shape index (κ2) is 8.27. The van der Waals surface area contributed by atoms with Gasteiger partial charge in [-0.2, -0.15) is 0 Å². The molecule has 0 unspecified atom stereocenters. The summed E-state index contributed by atoms with van der Waals surface area (Å²) in [5, 5.41) is 0. The van der Waals surface area contributed by atoms with Crippen molar-refractivity contribution in [2.45, 2.75) is 25.5 Å². The molecule has 0 aliphatic carbocycles. The topological polar surface area (TPSA) is 60.6 Å². The van der Waals surface area contributed by atoms with Crippen LogP contribution < -0.4 is 10.5 Å². The lowest BCUT2D eigenvalue weighted by Gasteiger charge is -2.33. The molecule has 2 N–H and O–H groups in total. The summed E-state index contributed by atoms with van der Waals surface area (Å²) < 4.78 is 25.3. The lowest BCUT2D eigenvalue weighted by molar-refractivity contribution is -0.0348. The third-order valence-corrected chi connectivity index (χ3v) is 4.48. The molecule has 6 heteroatoms. The molecule has 1 aromatic heterocycles. The monoisotopic (exact) mass is 345 g/mol. The Labute approximate surface area is 147 Å². The SMILES string of the molecule is COc1cccc(CN2CCO[C@@H](CCc3ccnc(N)c3)C2)c1F. The number of nitrogens with zero attached hydrogens (tertiary/aromatic N) is 2. The molecule has 1 fully saturated rings. The Hall–Kier alpha value is -2.18. The fraction of sp³-hybridized carbons (Fsp3) is 0.421. The van der Waals surface area contributed by atoms with Crippen LogP contribution in [-0.2, 0) is 17.7 Å². The molecule has 0 radical (unpaired) electrons. The van der Waals surface area contributed by atoms with Gasteiger partial charge in [-0.15, -0.1) is 0 Å². The Morgan fingerprint density at radius 1 is 1.40 bits per heavy atom. The molecule has 1 aromatic carbocycles. The normalized spacial score (nSPS) is 18.2. The highest BCUT2D eigenvalue weighted by Crippen LogP contribution is 2.22. The van der Waals surface area contributed by atoms with Crippen LogP contribution in [0.3, 0.4) is 0 Å². The number of aromatic nitrogens is 1. The Morgan fingerprint density at radius 2 is 2.28 bits per heavy atom. The zero-order valence-corrected chi connectivity index (χ0v) is 14.5. The molecule has 1 saturated heterocycles. The van der Waals surface area contributed by atoms with Crippen molar-refractivity contribution in [3.8, 4) is 5.75 Å². The second-order valence-electron chi connectivity index (χ2n) is 6.29. The van der Waals surface area contributed by atoms with Crippen molar-refractivity contribution in [2.75, 3.05) is 32.5 Å². The van der Waals surface area contributed by atoms with E-state index < -0.39 is 0 Å². The third kappa shape index (κ3) is 4.67. The zero-order valence-electron chi connectivity index (χ0n) is 14.5. The summed E-state index contributed by atoms with van der Waals surface area (Å²) in [6, 6.07) is 9.14. The maximum atomic E-state index is 14.3. The van der Waals surface area contributed by atoms with Crippen LogP contribution >= 0.6 is 0 Å². The van der Waals surface area contributed by atoms with Crippen LogP contribution in [-0.4, -0.2) is 42.8 Å². The van der Waals surface area contributed by atoms with Gasteiger partial charge in [0.25, 0.3) is 0 Å². The van der Waals surface area contributed by atoms with E-state index in [2.05, 4.69) is 9.88 Å². The van der Waals surface area contributed by atoms with Gasteiger partial charge >= 0.3 is 0 Å². The van der Waals surface area contributed by atoms with Crippen molar-refractivity contribution in [3.05, 3.63) is 53.5 Å². The van der Waals surface area contributed by atoms with Gasteiger partial charge in [-0.3, -0.25) is 4.90 Å². The van der Waals surface area contributed by atoms with Gasteiger partial charge in [0.1, 0.15) is 5.82 Å². The van der Waals surface area contributed by atoms with Gasteiger partial charge in [0.15, 0.2) is 11.6 Å². The van der Waals surface area contributed by atoms with E-state index in [1.54, 1.807) is 12.3 Å². The van der Waals surface area contributed by atoms with Gasteiger partial charge < -0.3 is 15.2 Å². The van der Waals surface area contributed by atoms with Gasteiger partial charge in [-0.25, -0.2) is 9.37 Å². The van der Waals surface area contributed by atoms with Gasteiger partial charge in [-0.1, -0.05) is 12.1 Å². The van der Waals surface area contributed by atoms with Gasteiger partial charge in [-0.05, 0) is 36.6 Å². The Balaban J connectivity index is 1.56. The summed E-state index contributed by atoms with van der Waals surface area (Å²) in [7, 11) is 1.48. The average Bonchev–Trinajstić information content (AvgIpc) is 2.62. The molecular weight excluding hydrogens is 321 g/mol. The number of halogens is 1. The molecule has 0 bridgehead atoms. The first-order valence-electron chi connectivity index (χ1n) is 8.51. The van der Waals surface area contributed by atoms with E-state index in [1.807, 2.05) is 24.3 Å². The van der Waals surface area contributed by atoms with Gasteiger partial charge in [0, 0.05) is 31.4 Å². The lowest BCUT2D eigenvalue weighted by Crippen LogP contribution is -2.42. The van der Waals surface area contributed by atoms with E-state index in [0.717, 1.165) is 31.5 Å². The number of rotatable bonds is 6. The first-order chi connectivity index (χ1) is 12.2. The summed E-state index contributed by atoms with van der Waals surface area (Å²) >= 11 is 0. The molecule has 1 atom stereocenters. The zero-order chi connectivity index (χ0) is 17.6. The van der Waals surface area contributed by atoms with Crippen molar-refractivity contribution in [2.24, 2.45) is 0 Å². The maximum absolute atomic E-state index is 14.3. The van der Waals surface area contributed by atoms with Crippen LogP contribution in [0.2, 0.25) is 0 Å². The molecule has 0 amide bonds. The molecule has 1 aliphatic rings. The van der Waals surface area contributed by atoms with Gasteiger partial charge in [0.05, 0.1) is 19.8 Å². The summed E-state index contributed by atoms with van der Waals surface area (Å²) in [5.41, 5.74) is 7.53. The number of nitrogen functional groups attached to an aromatic ring is 1. The number of hydrogen-bond acceptors (Lipinski definition) is 5. The highest BCUT2D eigenvalue weighted by Gasteiger charge is 2.22. The van der Waals surface area contributed by atoms with Crippen molar-refractivity contribution in [1.29, 1.82) is 0 Å². The average molecular weight is 345 g/mol. The van der Waals surface area contributed by atoms with Crippen molar-refractivity contribution in [1.82, 2.24) is 9.88 Å². The first-order valence-corrected chi connectivity index (χ1v) is 8.51. The lowest BCUT2D eigenvalue weighted by atomic mass is 10.1. The van der Waals surface area contributed by atoms with Crippen molar-refractivity contribution >= 4 is 5.82 Å². The Morgan fingerprint density at radius 3 is 3.08 bits per heavy atom. The highest BCUT2D eigenvalue weighted by molar-refractivity contribution is 5.32. The molecule has 5 nitrogen and oxygen atoms in total. The fourth-order valence-electron chi connectivity index (χ4n) is 3.15. The predicted octanol–water partition coefficient (Wildman–Crippen LogP) is 2.65. The van der Waals surface area contributed by atoms with Crippen LogP contribution in [0, 0.1) is 5.82 Å². The maximum Gasteiger partial charge on any atom is 0.169 e. The number of anilines is 1. The highest BCUT2D eigenvalue weighted by atomic mass is 19.1. The van der Waals surface area contributed by atoms with Crippen molar-refractivity contribution < 1.29 is 13.9 Å². The number of nitrogens with two attached hydrogens (primary N) is 1. The number of benzene rings is 1.